The first-order valence-electron chi connectivity index (χ1n) is 20.2. The van der Waals surface area contributed by atoms with Gasteiger partial charge < -0.3 is 24.7 Å². The number of anilines is 1. The summed E-state index contributed by atoms with van der Waals surface area (Å²) in [7, 11) is 0. The first kappa shape index (κ1) is 43.2. The number of carbonyl (C=O) groups excluding carboxylic acids is 2. The fourth-order valence-corrected chi connectivity index (χ4v) is 6.38. The molecule has 11 heteroatoms. The third-order valence-corrected chi connectivity index (χ3v) is 9.40. The zero-order chi connectivity index (χ0) is 36.2. The van der Waals surface area contributed by atoms with Gasteiger partial charge in [0.25, 0.3) is 5.56 Å². The molecule has 0 aliphatic rings. The highest BCUT2D eigenvalue weighted by molar-refractivity contribution is 5.70. The molecule has 0 aliphatic heterocycles. The minimum atomic E-state index is -0.313. The number of aryl methyl sites for hydroxylation is 1. The highest BCUT2D eigenvalue weighted by atomic mass is 16.5. The molecule has 0 radical (unpaired) electrons. The standard InChI is InChI=1S/C39H70N6O5/c1-4-7-16-24-33(23-9-6-3)50-35(47)26-18-13-11-15-20-28-44(27-19-14-10-12-17-25-34(46)49-31-21-8-5-2)29-22-30-45-32-41-36-37(45)42-39(40)43-38(36)48/h32-33H,4-31H2,1-3H3,(H3,40,42,43,48). The van der Waals surface area contributed by atoms with Crippen molar-refractivity contribution >= 4 is 29.1 Å². The van der Waals surface area contributed by atoms with Crippen LogP contribution in [0.1, 0.15) is 168 Å². The Balaban J connectivity index is 1.71. The molecule has 11 nitrogen and oxygen atoms in total. The van der Waals surface area contributed by atoms with Crippen molar-refractivity contribution in [3.05, 3.63) is 16.7 Å². The van der Waals surface area contributed by atoms with Gasteiger partial charge in [0, 0.05) is 19.4 Å². The number of nitrogens with zero attached hydrogens (tertiary/aromatic N) is 4. The van der Waals surface area contributed by atoms with Crippen molar-refractivity contribution < 1.29 is 19.1 Å². The van der Waals surface area contributed by atoms with Gasteiger partial charge in [-0.2, -0.15) is 4.98 Å². The first-order valence-corrected chi connectivity index (χ1v) is 20.2. The molecular weight excluding hydrogens is 632 g/mol. The van der Waals surface area contributed by atoms with Crippen LogP contribution in [0.5, 0.6) is 0 Å². The number of nitrogens with one attached hydrogen (secondary N) is 1. The van der Waals surface area contributed by atoms with Crippen molar-refractivity contribution in [2.24, 2.45) is 0 Å². The molecule has 2 rings (SSSR count). The molecule has 0 aromatic carbocycles. The minimum absolute atomic E-state index is 0.0238. The maximum Gasteiger partial charge on any atom is 0.306 e. The number of ether oxygens (including phenoxy) is 2. The number of rotatable bonds is 32. The van der Waals surface area contributed by atoms with Crippen molar-refractivity contribution in [1.82, 2.24) is 24.4 Å². The predicted molar refractivity (Wildman–Crippen MR) is 203 cm³/mol. The topological polar surface area (TPSA) is 145 Å². The van der Waals surface area contributed by atoms with Crippen molar-refractivity contribution in [3.8, 4) is 0 Å². The molecule has 2 aromatic rings. The number of nitrogens with two attached hydrogens (primary N) is 1. The van der Waals surface area contributed by atoms with E-state index in [1.165, 1.54) is 12.8 Å². The van der Waals surface area contributed by atoms with E-state index < -0.39 is 0 Å². The summed E-state index contributed by atoms with van der Waals surface area (Å²) in [5, 5.41) is 0. The lowest BCUT2D eigenvalue weighted by Crippen LogP contribution is -2.28. The zero-order valence-corrected chi connectivity index (χ0v) is 31.9. The molecule has 0 amide bonds. The van der Waals surface area contributed by atoms with Crippen LogP contribution in [-0.2, 0) is 25.6 Å². The van der Waals surface area contributed by atoms with Gasteiger partial charge in [0.15, 0.2) is 11.2 Å². The molecule has 286 valence electrons. The summed E-state index contributed by atoms with van der Waals surface area (Å²) in [5.74, 6) is 0.0173. The molecule has 1 unspecified atom stereocenters. The Labute approximate surface area is 301 Å². The molecule has 0 bridgehead atoms. The van der Waals surface area contributed by atoms with Gasteiger partial charge in [-0.1, -0.05) is 97.8 Å². The molecule has 0 saturated heterocycles. The van der Waals surface area contributed by atoms with Crippen molar-refractivity contribution in [3.63, 3.8) is 0 Å². The van der Waals surface area contributed by atoms with Crippen LogP contribution in [-0.4, -0.2) is 68.7 Å². The van der Waals surface area contributed by atoms with E-state index in [-0.39, 0.29) is 29.6 Å². The number of imidazole rings is 1. The quantitative estimate of drug-likeness (QED) is 0.0566. The number of hydrogen-bond donors (Lipinski definition) is 2. The molecule has 50 heavy (non-hydrogen) atoms. The molecule has 0 saturated carbocycles. The van der Waals surface area contributed by atoms with E-state index in [0.717, 1.165) is 142 Å². The van der Waals surface area contributed by atoms with E-state index in [2.05, 4.69) is 40.6 Å². The highest BCUT2D eigenvalue weighted by Gasteiger charge is 2.14. The SMILES string of the molecule is CCCCCOC(=O)CCCCCCCN(CCCCCCCC(=O)OC(CCCC)CCCCC)CCCn1cnc2c(=O)[nH]c(N)nc21. The molecule has 1 atom stereocenters. The van der Waals surface area contributed by atoms with Crippen LogP contribution in [0, 0.1) is 0 Å². The molecule has 2 aromatic heterocycles. The smallest absolute Gasteiger partial charge is 0.306 e. The summed E-state index contributed by atoms with van der Waals surface area (Å²) in [4.78, 5) is 50.2. The molecule has 0 spiro atoms. The Morgan fingerprint density at radius 2 is 1.34 bits per heavy atom. The van der Waals surface area contributed by atoms with E-state index in [4.69, 9.17) is 15.2 Å². The lowest BCUT2D eigenvalue weighted by atomic mass is 10.1. The summed E-state index contributed by atoms with van der Waals surface area (Å²) in [6, 6.07) is 0. The zero-order valence-electron chi connectivity index (χ0n) is 31.9. The fourth-order valence-electron chi connectivity index (χ4n) is 6.38. The Hall–Kier alpha value is -2.95. The average molecular weight is 703 g/mol. The Morgan fingerprint density at radius 3 is 2.02 bits per heavy atom. The number of hydrogen-bond acceptors (Lipinski definition) is 9. The number of fused-ring (bicyclic) bond motifs is 1. The number of carbonyl (C=O) groups is 2. The summed E-state index contributed by atoms with van der Waals surface area (Å²) < 4.78 is 13.1. The number of nitrogen functional groups attached to an aromatic ring is 1. The molecule has 0 fully saturated rings. The van der Waals surface area contributed by atoms with E-state index in [0.29, 0.717) is 37.2 Å². The van der Waals surface area contributed by atoms with Gasteiger partial charge in [-0.3, -0.25) is 19.4 Å². The second kappa shape index (κ2) is 27.7. The van der Waals surface area contributed by atoms with Crippen molar-refractivity contribution in [2.45, 2.75) is 181 Å². The van der Waals surface area contributed by atoms with Gasteiger partial charge in [0.05, 0.1) is 12.9 Å². The Bertz CT molecular complexity index is 1230. The third-order valence-electron chi connectivity index (χ3n) is 9.40. The number of aromatic nitrogens is 4. The van der Waals surface area contributed by atoms with Crippen molar-refractivity contribution in [2.75, 3.05) is 32.0 Å². The summed E-state index contributed by atoms with van der Waals surface area (Å²) in [6.45, 7) is 10.8. The number of aromatic amines is 1. The Morgan fingerprint density at radius 1 is 0.760 bits per heavy atom. The maximum atomic E-state index is 12.5. The number of H-pyrrole nitrogens is 1. The van der Waals surface area contributed by atoms with E-state index in [1.54, 1.807) is 6.33 Å². The van der Waals surface area contributed by atoms with Crippen LogP contribution in [0.15, 0.2) is 11.1 Å². The highest BCUT2D eigenvalue weighted by Crippen LogP contribution is 2.16. The van der Waals surface area contributed by atoms with Gasteiger partial charge in [0.1, 0.15) is 6.10 Å². The predicted octanol–water partition coefficient (Wildman–Crippen LogP) is 8.49. The van der Waals surface area contributed by atoms with Gasteiger partial charge in [-0.15, -0.1) is 0 Å². The second-order valence-corrected chi connectivity index (χ2v) is 14.0. The summed E-state index contributed by atoms with van der Waals surface area (Å²) in [6.07, 6.45) is 25.4. The number of unbranched alkanes of at least 4 members (excludes halogenated alkanes) is 13. The van der Waals surface area contributed by atoms with Crippen LogP contribution in [0.3, 0.4) is 0 Å². The monoisotopic (exact) mass is 703 g/mol. The second-order valence-electron chi connectivity index (χ2n) is 14.0. The lowest BCUT2D eigenvalue weighted by molar-refractivity contribution is -0.150. The van der Waals surface area contributed by atoms with Crippen LogP contribution >= 0.6 is 0 Å². The molecule has 3 N–H and O–H groups in total. The summed E-state index contributed by atoms with van der Waals surface area (Å²) >= 11 is 0. The van der Waals surface area contributed by atoms with Gasteiger partial charge in [0.2, 0.25) is 5.95 Å². The lowest BCUT2D eigenvalue weighted by Gasteiger charge is -2.22. The van der Waals surface area contributed by atoms with Crippen LogP contribution in [0.4, 0.5) is 5.95 Å². The van der Waals surface area contributed by atoms with Crippen LogP contribution in [0.25, 0.3) is 11.2 Å². The van der Waals surface area contributed by atoms with Crippen LogP contribution < -0.4 is 11.3 Å². The minimum Gasteiger partial charge on any atom is -0.466 e. The third kappa shape index (κ3) is 19.4. The first-order chi connectivity index (χ1) is 24.4. The molecule has 0 aliphatic carbocycles. The largest absolute Gasteiger partial charge is 0.466 e. The molecule has 2 heterocycles. The fraction of sp³-hybridized carbons (Fsp3) is 0.821. The van der Waals surface area contributed by atoms with Gasteiger partial charge in [-0.25, -0.2) is 4.98 Å². The maximum absolute atomic E-state index is 12.5. The van der Waals surface area contributed by atoms with E-state index >= 15 is 0 Å². The van der Waals surface area contributed by atoms with Gasteiger partial charge >= 0.3 is 11.9 Å². The van der Waals surface area contributed by atoms with Crippen molar-refractivity contribution in [1.29, 1.82) is 0 Å². The Kier molecular flexibility index (Phi) is 24.0. The van der Waals surface area contributed by atoms with Gasteiger partial charge in [-0.05, 0) is 77.4 Å². The van der Waals surface area contributed by atoms with Crippen LogP contribution in [0.2, 0.25) is 0 Å². The normalized spacial score (nSPS) is 12.2. The number of esters is 2. The van der Waals surface area contributed by atoms with E-state index in [1.807, 2.05) is 4.57 Å². The molecular formula is C39H70N6O5. The average Bonchev–Trinajstić information content (AvgIpc) is 3.50. The van der Waals surface area contributed by atoms with E-state index in [9.17, 15) is 14.4 Å². The summed E-state index contributed by atoms with van der Waals surface area (Å²) in [5.41, 5.74) is 6.31.